The molecule has 0 spiro atoms. The molecule has 3 nitrogen and oxygen atoms in total. The fraction of sp³-hybridized carbons (Fsp3) is 0.200. The number of oxazole rings is 1. The van der Waals surface area contributed by atoms with Gasteiger partial charge in [-0.1, -0.05) is 13.0 Å². The SMILES string of the molecule is CCc1nc(-c2cccs2)oc1C=O. The first-order valence-corrected chi connectivity index (χ1v) is 5.22. The molecule has 0 amide bonds. The molecule has 2 aromatic heterocycles. The number of carbonyl (C=O) groups excluding carboxylic acids is 1. The topological polar surface area (TPSA) is 43.1 Å². The van der Waals surface area contributed by atoms with Gasteiger partial charge in [0.2, 0.25) is 5.89 Å². The number of aromatic nitrogens is 1. The molecular formula is C10H9NO2S. The molecule has 0 aromatic carbocycles. The van der Waals surface area contributed by atoms with Crippen molar-refractivity contribution < 1.29 is 9.21 Å². The van der Waals surface area contributed by atoms with E-state index in [4.69, 9.17) is 4.42 Å². The summed E-state index contributed by atoms with van der Waals surface area (Å²) in [5, 5.41) is 1.95. The lowest BCUT2D eigenvalue weighted by molar-refractivity contribution is 0.110. The van der Waals surface area contributed by atoms with Crippen molar-refractivity contribution in [2.75, 3.05) is 0 Å². The van der Waals surface area contributed by atoms with E-state index < -0.39 is 0 Å². The van der Waals surface area contributed by atoms with Gasteiger partial charge < -0.3 is 4.42 Å². The number of hydrogen-bond donors (Lipinski definition) is 0. The molecule has 0 bridgehead atoms. The molecule has 2 rings (SSSR count). The van der Waals surface area contributed by atoms with E-state index in [0.29, 0.717) is 24.4 Å². The van der Waals surface area contributed by atoms with Crippen molar-refractivity contribution in [2.24, 2.45) is 0 Å². The maximum absolute atomic E-state index is 10.6. The highest BCUT2D eigenvalue weighted by molar-refractivity contribution is 7.13. The number of aldehydes is 1. The first kappa shape index (κ1) is 9.15. The number of rotatable bonds is 3. The Balaban J connectivity index is 2.46. The van der Waals surface area contributed by atoms with Crippen LogP contribution in [0.25, 0.3) is 10.8 Å². The summed E-state index contributed by atoms with van der Waals surface area (Å²) < 4.78 is 5.33. The second-order valence-corrected chi connectivity index (χ2v) is 3.73. The fourth-order valence-corrected chi connectivity index (χ4v) is 1.86. The molecule has 0 fully saturated rings. The molecular weight excluding hydrogens is 198 g/mol. The largest absolute Gasteiger partial charge is 0.432 e. The average molecular weight is 207 g/mol. The Kier molecular flexibility index (Phi) is 2.45. The van der Waals surface area contributed by atoms with Gasteiger partial charge >= 0.3 is 0 Å². The summed E-state index contributed by atoms with van der Waals surface area (Å²) >= 11 is 1.55. The molecule has 0 aliphatic carbocycles. The van der Waals surface area contributed by atoms with E-state index in [9.17, 15) is 4.79 Å². The van der Waals surface area contributed by atoms with Crippen LogP contribution in [-0.4, -0.2) is 11.3 Å². The highest BCUT2D eigenvalue weighted by atomic mass is 32.1. The normalized spacial score (nSPS) is 10.4. The minimum atomic E-state index is 0.343. The summed E-state index contributed by atoms with van der Waals surface area (Å²) in [5.74, 6) is 0.884. The summed E-state index contributed by atoms with van der Waals surface area (Å²) in [6, 6.07) is 3.85. The van der Waals surface area contributed by atoms with Crippen molar-refractivity contribution in [1.82, 2.24) is 4.98 Å². The first-order valence-electron chi connectivity index (χ1n) is 4.34. The van der Waals surface area contributed by atoms with Crippen LogP contribution in [0.1, 0.15) is 23.2 Å². The molecule has 2 heterocycles. The van der Waals surface area contributed by atoms with Crippen molar-refractivity contribution >= 4 is 17.6 Å². The minimum Gasteiger partial charge on any atom is -0.432 e. The van der Waals surface area contributed by atoms with Crippen LogP contribution in [0.3, 0.4) is 0 Å². The van der Waals surface area contributed by atoms with Crippen molar-refractivity contribution in [3.8, 4) is 10.8 Å². The Morgan fingerprint density at radius 3 is 3.00 bits per heavy atom. The molecule has 14 heavy (non-hydrogen) atoms. The van der Waals surface area contributed by atoms with Crippen LogP contribution in [0.2, 0.25) is 0 Å². The van der Waals surface area contributed by atoms with E-state index in [2.05, 4.69) is 4.98 Å². The molecule has 72 valence electrons. The molecule has 0 saturated heterocycles. The van der Waals surface area contributed by atoms with Gasteiger partial charge in [0.15, 0.2) is 12.0 Å². The quantitative estimate of drug-likeness (QED) is 0.727. The predicted molar refractivity (Wildman–Crippen MR) is 54.6 cm³/mol. The van der Waals surface area contributed by atoms with Crippen molar-refractivity contribution in [2.45, 2.75) is 13.3 Å². The van der Waals surface area contributed by atoms with Gasteiger partial charge in [-0.05, 0) is 17.9 Å². The minimum absolute atomic E-state index is 0.343. The first-order chi connectivity index (χ1) is 6.85. The van der Waals surface area contributed by atoms with Gasteiger partial charge in [-0.2, -0.15) is 0 Å². The third-order valence-electron chi connectivity index (χ3n) is 1.90. The van der Waals surface area contributed by atoms with Crippen molar-refractivity contribution in [3.05, 3.63) is 29.0 Å². The average Bonchev–Trinajstić information content (AvgIpc) is 2.85. The van der Waals surface area contributed by atoms with Crippen LogP contribution < -0.4 is 0 Å². The van der Waals surface area contributed by atoms with Gasteiger partial charge in [0.05, 0.1) is 10.6 Å². The summed E-state index contributed by atoms with van der Waals surface area (Å²) in [6.45, 7) is 1.95. The van der Waals surface area contributed by atoms with Gasteiger partial charge in [-0.25, -0.2) is 4.98 Å². The summed E-state index contributed by atoms with van der Waals surface area (Å²) in [5.41, 5.74) is 0.725. The molecule has 0 N–H and O–H groups in total. The Morgan fingerprint density at radius 1 is 1.64 bits per heavy atom. The zero-order valence-electron chi connectivity index (χ0n) is 7.69. The maximum Gasteiger partial charge on any atom is 0.237 e. The van der Waals surface area contributed by atoms with Crippen LogP contribution in [-0.2, 0) is 6.42 Å². The summed E-state index contributed by atoms with van der Waals surface area (Å²) in [6.07, 6.45) is 1.42. The standard InChI is InChI=1S/C10H9NO2S/c1-2-7-8(6-12)13-10(11-7)9-4-3-5-14-9/h3-6H,2H2,1H3. The smallest absolute Gasteiger partial charge is 0.237 e. The van der Waals surface area contributed by atoms with Gasteiger partial charge in [0, 0.05) is 0 Å². The molecule has 0 atom stereocenters. The van der Waals surface area contributed by atoms with Crippen LogP contribution in [0.4, 0.5) is 0 Å². The van der Waals surface area contributed by atoms with Gasteiger partial charge in [0.25, 0.3) is 0 Å². The number of nitrogens with zero attached hydrogens (tertiary/aromatic N) is 1. The summed E-state index contributed by atoms with van der Waals surface area (Å²) in [4.78, 5) is 15.8. The Hall–Kier alpha value is -1.42. The Labute approximate surface area is 85.4 Å². The number of carbonyl (C=O) groups is 1. The van der Waals surface area contributed by atoms with Crippen LogP contribution in [0.5, 0.6) is 0 Å². The lowest BCUT2D eigenvalue weighted by Crippen LogP contribution is -1.85. The monoisotopic (exact) mass is 207 g/mol. The van der Waals surface area contributed by atoms with Crippen LogP contribution >= 0.6 is 11.3 Å². The zero-order chi connectivity index (χ0) is 9.97. The summed E-state index contributed by atoms with van der Waals surface area (Å²) in [7, 11) is 0. The van der Waals surface area contributed by atoms with E-state index in [1.807, 2.05) is 24.4 Å². The Morgan fingerprint density at radius 2 is 2.50 bits per heavy atom. The molecule has 2 aromatic rings. The maximum atomic E-state index is 10.6. The molecule has 0 radical (unpaired) electrons. The highest BCUT2D eigenvalue weighted by Crippen LogP contribution is 2.25. The lowest BCUT2D eigenvalue weighted by atomic mass is 10.3. The molecule has 0 aliphatic rings. The van der Waals surface area contributed by atoms with E-state index in [-0.39, 0.29) is 0 Å². The molecule has 0 unspecified atom stereocenters. The zero-order valence-corrected chi connectivity index (χ0v) is 8.50. The van der Waals surface area contributed by atoms with E-state index in [1.54, 1.807) is 11.3 Å². The van der Waals surface area contributed by atoms with E-state index in [0.717, 1.165) is 10.6 Å². The van der Waals surface area contributed by atoms with E-state index >= 15 is 0 Å². The molecule has 0 saturated carbocycles. The fourth-order valence-electron chi connectivity index (χ4n) is 1.21. The second kappa shape index (κ2) is 3.75. The Bertz CT molecular complexity index is 431. The van der Waals surface area contributed by atoms with Crippen LogP contribution in [0, 0.1) is 0 Å². The second-order valence-electron chi connectivity index (χ2n) is 2.78. The third-order valence-corrected chi connectivity index (χ3v) is 2.76. The van der Waals surface area contributed by atoms with Crippen molar-refractivity contribution in [3.63, 3.8) is 0 Å². The van der Waals surface area contributed by atoms with Gasteiger partial charge in [0.1, 0.15) is 0 Å². The highest BCUT2D eigenvalue weighted by Gasteiger charge is 2.12. The number of hydrogen-bond acceptors (Lipinski definition) is 4. The molecule has 0 aliphatic heterocycles. The number of thiophene rings is 1. The van der Waals surface area contributed by atoms with Gasteiger partial charge in [-0.3, -0.25) is 4.79 Å². The van der Waals surface area contributed by atoms with E-state index in [1.165, 1.54) is 0 Å². The van der Waals surface area contributed by atoms with Crippen LogP contribution in [0.15, 0.2) is 21.9 Å². The predicted octanol–water partition coefficient (Wildman–Crippen LogP) is 2.78. The van der Waals surface area contributed by atoms with Crippen molar-refractivity contribution in [1.29, 1.82) is 0 Å². The molecule has 4 heteroatoms. The third kappa shape index (κ3) is 1.48. The van der Waals surface area contributed by atoms with Gasteiger partial charge in [-0.15, -0.1) is 11.3 Å². The lowest BCUT2D eigenvalue weighted by Gasteiger charge is -1.84. The number of aryl methyl sites for hydroxylation is 1.